The van der Waals surface area contributed by atoms with Gasteiger partial charge >= 0.3 is 0 Å². The van der Waals surface area contributed by atoms with Crippen LogP contribution in [0.15, 0.2) is 72.8 Å². The molecule has 0 heterocycles. The van der Waals surface area contributed by atoms with Crippen molar-refractivity contribution in [2.45, 2.75) is 6.42 Å². The number of hydrogen-bond donors (Lipinski definition) is 3. The van der Waals surface area contributed by atoms with Crippen molar-refractivity contribution in [1.82, 2.24) is 5.32 Å². The topological polar surface area (TPSA) is 70.2 Å². The maximum Gasteiger partial charge on any atom is 0.255 e. The van der Waals surface area contributed by atoms with Crippen molar-refractivity contribution >= 4 is 63.7 Å². The average Bonchev–Trinajstić information content (AvgIpc) is 2.71. The number of halogens is 2. The van der Waals surface area contributed by atoms with E-state index < -0.39 is 0 Å². The van der Waals surface area contributed by atoms with E-state index >= 15 is 0 Å². The van der Waals surface area contributed by atoms with Gasteiger partial charge in [0.1, 0.15) is 0 Å². The molecule has 8 heteroatoms. The Labute approximate surface area is 189 Å². The molecule has 0 saturated heterocycles. The maximum absolute atomic E-state index is 12.3. The largest absolute Gasteiger partial charge is 0.332 e. The van der Waals surface area contributed by atoms with E-state index in [0.29, 0.717) is 27.0 Å². The number of amides is 2. The second-order valence-corrected chi connectivity index (χ2v) is 7.63. The zero-order chi connectivity index (χ0) is 21.5. The Balaban J connectivity index is 1.50. The van der Waals surface area contributed by atoms with Gasteiger partial charge in [-0.15, -0.1) is 0 Å². The van der Waals surface area contributed by atoms with Crippen molar-refractivity contribution < 1.29 is 9.59 Å². The van der Waals surface area contributed by atoms with Crippen molar-refractivity contribution in [2.75, 3.05) is 10.6 Å². The molecule has 5 nitrogen and oxygen atoms in total. The predicted octanol–water partition coefficient (Wildman–Crippen LogP) is 5.30. The highest BCUT2D eigenvalue weighted by Gasteiger charge is 2.08. The van der Waals surface area contributed by atoms with Crippen LogP contribution in [0.2, 0.25) is 10.0 Å². The van der Waals surface area contributed by atoms with Crippen LogP contribution in [0.3, 0.4) is 0 Å². The van der Waals surface area contributed by atoms with Gasteiger partial charge in [-0.25, -0.2) is 0 Å². The van der Waals surface area contributed by atoms with E-state index in [1.807, 2.05) is 0 Å². The van der Waals surface area contributed by atoms with Crippen LogP contribution in [0.1, 0.15) is 15.9 Å². The summed E-state index contributed by atoms with van der Waals surface area (Å²) in [7, 11) is 0. The molecule has 3 rings (SSSR count). The molecule has 3 aromatic rings. The third-order valence-corrected chi connectivity index (χ3v) is 4.71. The molecule has 2 amide bonds. The monoisotopic (exact) mass is 457 g/mol. The lowest BCUT2D eigenvalue weighted by Gasteiger charge is -2.11. The molecule has 0 spiro atoms. The zero-order valence-corrected chi connectivity index (χ0v) is 17.9. The summed E-state index contributed by atoms with van der Waals surface area (Å²) in [5.41, 5.74) is 2.59. The molecule has 152 valence electrons. The highest BCUT2D eigenvalue weighted by atomic mass is 35.5. The lowest BCUT2D eigenvalue weighted by atomic mass is 10.1. The van der Waals surface area contributed by atoms with Crippen molar-refractivity contribution in [3.05, 3.63) is 94.0 Å². The van der Waals surface area contributed by atoms with Gasteiger partial charge in [-0.2, -0.15) is 0 Å². The van der Waals surface area contributed by atoms with Gasteiger partial charge in [0.05, 0.1) is 6.42 Å². The fourth-order valence-electron chi connectivity index (χ4n) is 2.59. The summed E-state index contributed by atoms with van der Waals surface area (Å²) in [5, 5.41) is 9.65. The van der Waals surface area contributed by atoms with Crippen molar-refractivity contribution in [3.8, 4) is 0 Å². The van der Waals surface area contributed by atoms with Gasteiger partial charge in [-0.05, 0) is 72.4 Å². The van der Waals surface area contributed by atoms with E-state index in [0.717, 1.165) is 5.56 Å². The molecule has 0 atom stereocenters. The maximum atomic E-state index is 12.3. The third kappa shape index (κ3) is 6.56. The molecule has 0 radical (unpaired) electrons. The molecular weight excluding hydrogens is 441 g/mol. The molecular formula is C22H17Cl2N3O2S. The van der Waals surface area contributed by atoms with Crippen LogP contribution in [-0.2, 0) is 11.2 Å². The van der Waals surface area contributed by atoms with Gasteiger partial charge in [-0.3, -0.25) is 9.59 Å². The summed E-state index contributed by atoms with van der Waals surface area (Å²) in [5.74, 6) is -0.497. The summed E-state index contributed by atoms with van der Waals surface area (Å²) >= 11 is 16.9. The van der Waals surface area contributed by atoms with Gasteiger partial charge in [0, 0.05) is 27.0 Å². The first-order chi connectivity index (χ1) is 14.4. The average molecular weight is 458 g/mol. The smallest absolute Gasteiger partial charge is 0.255 e. The lowest BCUT2D eigenvalue weighted by molar-refractivity contribution is -0.119. The van der Waals surface area contributed by atoms with E-state index in [1.165, 1.54) is 0 Å². The van der Waals surface area contributed by atoms with Crippen LogP contribution in [0.25, 0.3) is 0 Å². The minimum atomic E-state index is -0.261. The van der Waals surface area contributed by atoms with Gasteiger partial charge in [-0.1, -0.05) is 41.4 Å². The molecule has 3 aromatic carbocycles. The van der Waals surface area contributed by atoms with Crippen LogP contribution in [0.4, 0.5) is 11.4 Å². The molecule has 0 fully saturated rings. The van der Waals surface area contributed by atoms with E-state index in [-0.39, 0.29) is 23.3 Å². The van der Waals surface area contributed by atoms with Crippen molar-refractivity contribution in [2.24, 2.45) is 0 Å². The molecule has 0 aliphatic heterocycles. The predicted molar refractivity (Wildman–Crippen MR) is 125 cm³/mol. The number of carbonyl (C=O) groups excluding carboxylic acids is 2. The Bertz CT molecular complexity index is 1070. The Morgan fingerprint density at radius 1 is 0.800 bits per heavy atom. The molecule has 3 N–H and O–H groups in total. The van der Waals surface area contributed by atoms with Crippen molar-refractivity contribution in [3.63, 3.8) is 0 Å². The number of hydrogen-bond acceptors (Lipinski definition) is 3. The highest BCUT2D eigenvalue weighted by molar-refractivity contribution is 7.80. The summed E-state index contributed by atoms with van der Waals surface area (Å²) in [6.07, 6.45) is 0.188. The second-order valence-electron chi connectivity index (χ2n) is 6.35. The number of rotatable bonds is 5. The molecule has 0 aliphatic rings. The normalized spacial score (nSPS) is 10.2. The zero-order valence-electron chi connectivity index (χ0n) is 15.6. The van der Waals surface area contributed by atoms with Crippen LogP contribution < -0.4 is 16.0 Å². The van der Waals surface area contributed by atoms with E-state index in [2.05, 4.69) is 16.0 Å². The van der Waals surface area contributed by atoms with Gasteiger partial charge in [0.25, 0.3) is 5.91 Å². The van der Waals surface area contributed by atoms with Gasteiger partial charge < -0.3 is 16.0 Å². The number of thiocarbonyl (C=S) groups is 1. The lowest BCUT2D eigenvalue weighted by Crippen LogP contribution is -2.35. The van der Waals surface area contributed by atoms with E-state index in [1.54, 1.807) is 72.8 Å². The first-order valence-electron chi connectivity index (χ1n) is 8.91. The Morgan fingerprint density at radius 3 is 2.07 bits per heavy atom. The first-order valence-corrected chi connectivity index (χ1v) is 10.1. The molecule has 0 aromatic heterocycles. The summed E-state index contributed by atoms with van der Waals surface area (Å²) in [6, 6.07) is 20.7. The SMILES string of the molecule is O=C(Cc1ccc(Cl)cc1)NC(=S)Nc1ccc(NC(=O)c2cccc(Cl)c2)cc1. The summed E-state index contributed by atoms with van der Waals surface area (Å²) < 4.78 is 0. The number of nitrogens with one attached hydrogen (secondary N) is 3. The van der Waals surface area contributed by atoms with E-state index in [9.17, 15) is 9.59 Å². The first kappa shape index (κ1) is 21.8. The number of carbonyl (C=O) groups is 2. The van der Waals surface area contributed by atoms with Gasteiger partial charge in [0.2, 0.25) is 5.91 Å². The Morgan fingerprint density at radius 2 is 1.43 bits per heavy atom. The summed E-state index contributed by atoms with van der Waals surface area (Å²) in [6.45, 7) is 0. The van der Waals surface area contributed by atoms with Crippen LogP contribution >= 0.6 is 35.4 Å². The second kappa shape index (κ2) is 10.2. The fourth-order valence-corrected chi connectivity index (χ4v) is 3.14. The number of anilines is 2. The molecule has 0 bridgehead atoms. The number of benzene rings is 3. The minimum absolute atomic E-state index is 0.185. The fraction of sp³-hybridized carbons (Fsp3) is 0.0455. The van der Waals surface area contributed by atoms with Crippen LogP contribution in [0, 0.1) is 0 Å². The molecule has 0 aliphatic carbocycles. The van der Waals surface area contributed by atoms with Crippen LogP contribution in [-0.4, -0.2) is 16.9 Å². The Hall–Kier alpha value is -2.93. The third-order valence-electron chi connectivity index (χ3n) is 4.02. The molecule has 0 saturated carbocycles. The summed E-state index contributed by atoms with van der Waals surface area (Å²) in [4.78, 5) is 24.4. The minimum Gasteiger partial charge on any atom is -0.332 e. The van der Waals surface area contributed by atoms with Crippen LogP contribution in [0.5, 0.6) is 0 Å². The Kier molecular flexibility index (Phi) is 7.41. The standard InChI is InChI=1S/C22H17Cl2N3O2S/c23-16-6-4-14(5-7-16)12-20(28)27-22(30)26-19-10-8-18(9-11-19)25-21(29)15-2-1-3-17(24)13-15/h1-11,13H,12H2,(H,25,29)(H2,26,27,28,30). The molecule has 0 unspecified atom stereocenters. The van der Waals surface area contributed by atoms with Crippen molar-refractivity contribution in [1.29, 1.82) is 0 Å². The quantitative estimate of drug-likeness (QED) is 0.454. The van der Waals surface area contributed by atoms with Gasteiger partial charge in [0.15, 0.2) is 5.11 Å². The van der Waals surface area contributed by atoms with E-state index in [4.69, 9.17) is 35.4 Å². The molecule has 30 heavy (non-hydrogen) atoms. The highest BCUT2D eigenvalue weighted by Crippen LogP contribution is 2.16.